The highest BCUT2D eigenvalue weighted by atomic mass is 32.2. The number of methoxy groups -OCH3 is 1. The van der Waals surface area contributed by atoms with Gasteiger partial charge in [-0.1, -0.05) is 11.2 Å². The minimum atomic E-state index is -3.63. The van der Waals surface area contributed by atoms with E-state index in [1.54, 1.807) is 19.9 Å². The van der Waals surface area contributed by atoms with Crippen molar-refractivity contribution in [3.63, 3.8) is 0 Å². The van der Waals surface area contributed by atoms with Crippen LogP contribution in [0.1, 0.15) is 17.1 Å². The number of ether oxygens (including phenoxy) is 1. The van der Waals surface area contributed by atoms with Gasteiger partial charge in [-0.2, -0.15) is 0 Å². The van der Waals surface area contributed by atoms with Crippen molar-refractivity contribution in [3.05, 3.63) is 35.3 Å². The first-order valence-corrected chi connectivity index (χ1v) is 7.85. The second-order valence-electron chi connectivity index (χ2n) is 4.47. The van der Waals surface area contributed by atoms with Crippen molar-refractivity contribution in [2.75, 3.05) is 13.7 Å². The molecule has 0 fully saturated rings. The molecule has 0 amide bonds. The van der Waals surface area contributed by atoms with Crippen molar-refractivity contribution in [3.8, 4) is 5.88 Å². The Morgan fingerprint density at radius 3 is 2.71 bits per heavy atom. The van der Waals surface area contributed by atoms with Gasteiger partial charge in [0, 0.05) is 24.7 Å². The van der Waals surface area contributed by atoms with Gasteiger partial charge >= 0.3 is 0 Å². The van der Waals surface area contributed by atoms with Gasteiger partial charge in [-0.05, 0) is 19.9 Å². The maximum atomic E-state index is 12.2. The Morgan fingerprint density at radius 1 is 1.33 bits per heavy atom. The van der Waals surface area contributed by atoms with E-state index in [-0.39, 0.29) is 17.2 Å². The lowest BCUT2D eigenvalue weighted by Crippen LogP contribution is -2.27. The summed E-state index contributed by atoms with van der Waals surface area (Å²) in [6.45, 7) is 3.39. The van der Waals surface area contributed by atoms with Crippen molar-refractivity contribution < 1.29 is 17.7 Å². The lowest BCUT2D eigenvalue weighted by molar-refractivity contribution is 0.390. The molecule has 8 heteroatoms. The molecule has 0 aliphatic rings. The van der Waals surface area contributed by atoms with Crippen LogP contribution in [0.3, 0.4) is 0 Å². The molecule has 2 rings (SSSR count). The van der Waals surface area contributed by atoms with Crippen LogP contribution in [0.4, 0.5) is 0 Å². The van der Waals surface area contributed by atoms with Gasteiger partial charge in [0.25, 0.3) is 0 Å². The Balaban J connectivity index is 2.02. The molecule has 0 saturated carbocycles. The molecule has 2 heterocycles. The molecule has 7 nitrogen and oxygen atoms in total. The van der Waals surface area contributed by atoms with Gasteiger partial charge in [-0.25, -0.2) is 18.1 Å². The smallest absolute Gasteiger partial charge is 0.245 e. The fraction of sp³-hybridized carbons (Fsp3) is 0.385. The summed E-state index contributed by atoms with van der Waals surface area (Å²) in [5, 5.41) is 3.65. The summed E-state index contributed by atoms with van der Waals surface area (Å²) in [5.74, 6) is 0.778. The predicted molar refractivity (Wildman–Crippen MR) is 75.7 cm³/mol. The first kappa shape index (κ1) is 15.5. The van der Waals surface area contributed by atoms with Crippen LogP contribution in [0.5, 0.6) is 5.88 Å². The van der Waals surface area contributed by atoms with Crippen LogP contribution in [-0.4, -0.2) is 32.2 Å². The summed E-state index contributed by atoms with van der Waals surface area (Å²) in [6, 6.07) is 5.36. The SMILES string of the molecule is COc1cccc(CCNS(=O)(=O)c2c(C)noc2C)n1. The van der Waals surface area contributed by atoms with E-state index in [2.05, 4.69) is 14.9 Å². The fourth-order valence-electron chi connectivity index (χ4n) is 1.95. The van der Waals surface area contributed by atoms with Gasteiger partial charge in [0.1, 0.15) is 10.6 Å². The van der Waals surface area contributed by atoms with Crippen LogP contribution in [-0.2, 0) is 16.4 Å². The fourth-order valence-corrected chi connectivity index (χ4v) is 3.31. The monoisotopic (exact) mass is 311 g/mol. The van der Waals surface area contributed by atoms with Crippen LogP contribution in [0.15, 0.2) is 27.6 Å². The number of aryl methyl sites for hydroxylation is 2. The van der Waals surface area contributed by atoms with Crippen molar-refractivity contribution in [2.24, 2.45) is 0 Å². The third kappa shape index (κ3) is 3.59. The van der Waals surface area contributed by atoms with Crippen LogP contribution in [0, 0.1) is 13.8 Å². The molecule has 0 unspecified atom stereocenters. The summed E-state index contributed by atoms with van der Waals surface area (Å²) < 4.78 is 36.8. The van der Waals surface area contributed by atoms with E-state index in [1.165, 1.54) is 7.11 Å². The van der Waals surface area contributed by atoms with Gasteiger partial charge in [0.2, 0.25) is 15.9 Å². The normalized spacial score (nSPS) is 11.6. The first-order valence-electron chi connectivity index (χ1n) is 6.36. The number of nitrogens with one attached hydrogen (secondary N) is 1. The highest BCUT2D eigenvalue weighted by Crippen LogP contribution is 2.18. The molecule has 0 aliphatic carbocycles. The Bertz CT molecular complexity index is 705. The summed E-state index contributed by atoms with van der Waals surface area (Å²) in [6.07, 6.45) is 0.458. The molecule has 0 aliphatic heterocycles. The van der Waals surface area contributed by atoms with Crippen molar-refractivity contribution in [2.45, 2.75) is 25.2 Å². The molecule has 114 valence electrons. The zero-order valence-corrected chi connectivity index (χ0v) is 12.9. The Morgan fingerprint density at radius 2 is 2.10 bits per heavy atom. The van der Waals surface area contributed by atoms with E-state index < -0.39 is 10.0 Å². The quantitative estimate of drug-likeness (QED) is 0.862. The zero-order valence-electron chi connectivity index (χ0n) is 12.1. The summed E-state index contributed by atoms with van der Waals surface area (Å²) in [7, 11) is -2.10. The molecule has 0 saturated heterocycles. The molecule has 0 bridgehead atoms. The molecule has 0 aromatic carbocycles. The van der Waals surface area contributed by atoms with Crippen molar-refractivity contribution in [1.82, 2.24) is 14.9 Å². The molecule has 2 aromatic heterocycles. The lowest BCUT2D eigenvalue weighted by Gasteiger charge is -2.06. The number of aromatic nitrogens is 2. The molecule has 1 N–H and O–H groups in total. The van der Waals surface area contributed by atoms with Crippen molar-refractivity contribution in [1.29, 1.82) is 0 Å². The molecular formula is C13H17N3O4S. The summed E-state index contributed by atoms with van der Waals surface area (Å²) >= 11 is 0. The van der Waals surface area contributed by atoms with Crippen LogP contribution in [0.2, 0.25) is 0 Å². The Hall–Kier alpha value is -1.93. The lowest BCUT2D eigenvalue weighted by atomic mass is 10.3. The third-order valence-electron chi connectivity index (χ3n) is 2.90. The maximum Gasteiger partial charge on any atom is 0.245 e. The highest BCUT2D eigenvalue weighted by molar-refractivity contribution is 7.89. The van der Waals surface area contributed by atoms with Crippen LogP contribution >= 0.6 is 0 Å². The van der Waals surface area contributed by atoms with Gasteiger partial charge in [0.15, 0.2) is 5.76 Å². The number of hydrogen-bond acceptors (Lipinski definition) is 6. The molecular weight excluding hydrogens is 294 g/mol. The minimum absolute atomic E-state index is 0.0982. The van der Waals surface area contributed by atoms with Gasteiger partial charge in [0.05, 0.1) is 7.11 Å². The van der Waals surface area contributed by atoms with Crippen LogP contribution < -0.4 is 9.46 Å². The zero-order chi connectivity index (χ0) is 15.5. The average molecular weight is 311 g/mol. The molecule has 21 heavy (non-hydrogen) atoms. The summed E-state index contributed by atoms with van der Waals surface area (Å²) in [4.78, 5) is 4.32. The third-order valence-corrected chi connectivity index (χ3v) is 4.60. The maximum absolute atomic E-state index is 12.2. The molecule has 0 radical (unpaired) electrons. The Labute approximate surface area is 123 Å². The van der Waals surface area contributed by atoms with E-state index in [0.717, 1.165) is 5.69 Å². The van der Waals surface area contributed by atoms with Gasteiger partial charge in [-0.3, -0.25) is 0 Å². The van der Waals surface area contributed by atoms with Gasteiger partial charge < -0.3 is 9.26 Å². The molecule has 0 spiro atoms. The van der Waals surface area contributed by atoms with E-state index >= 15 is 0 Å². The topological polar surface area (TPSA) is 94.3 Å². The number of pyridine rings is 1. The van der Waals surface area contributed by atoms with E-state index in [4.69, 9.17) is 9.26 Å². The molecule has 2 aromatic rings. The van der Waals surface area contributed by atoms with Crippen molar-refractivity contribution >= 4 is 10.0 Å². The average Bonchev–Trinajstić information content (AvgIpc) is 2.79. The van der Waals surface area contributed by atoms with E-state index in [1.807, 2.05) is 12.1 Å². The standard InChI is InChI=1S/C13H17N3O4S/c1-9-13(10(2)20-16-9)21(17,18)14-8-7-11-5-4-6-12(15-11)19-3/h4-6,14H,7-8H2,1-3H3. The van der Waals surface area contributed by atoms with E-state index in [9.17, 15) is 8.42 Å². The van der Waals surface area contributed by atoms with Crippen LogP contribution in [0.25, 0.3) is 0 Å². The predicted octanol–water partition coefficient (Wildman–Crippen LogP) is 1.22. The number of hydrogen-bond donors (Lipinski definition) is 1. The highest BCUT2D eigenvalue weighted by Gasteiger charge is 2.23. The largest absolute Gasteiger partial charge is 0.481 e. The first-order chi connectivity index (χ1) is 9.94. The molecule has 0 atom stereocenters. The number of rotatable bonds is 6. The number of sulfonamides is 1. The van der Waals surface area contributed by atoms with E-state index in [0.29, 0.717) is 18.0 Å². The number of nitrogens with zero attached hydrogens (tertiary/aromatic N) is 2. The minimum Gasteiger partial charge on any atom is -0.481 e. The van der Waals surface area contributed by atoms with Gasteiger partial charge in [-0.15, -0.1) is 0 Å². The second kappa shape index (κ2) is 6.23. The Kier molecular flexibility index (Phi) is 4.59. The summed E-state index contributed by atoms with van der Waals surface area (Å²) in [5.41, 5.74) is 1.09. The second-order valence-corrected chi connectivity index (χ2v) is 6.18.